The molecule has 6 heteroatoms. The molecular weight excluding hydrogens is 328 g/mol. The van der Waals surface area contributed by atoms with Crippen molar-refractivity contribution in [3.63, 3.8) is 0 Å². The van der Waals surface area contributed by atoms with E-state index in [1.54, 1.807) is 0 Å². The van der Waals surface area contributed by atoms with Crippen LogP contribution >= 0.6 is 0 Å². The lowest BCUT2D eigenvalue weighted by Crippen LogP contribution is -2.56. The zero-order valence-electron chi connectivity index (χ0n) is 16.1. The van der Waals surface area contributed by atoms with Crippen molar-refractivity contribution < 1.29 is 9.59 Å². The molecule has 1 aromatic rings. The molecule has 1 atom stereocenters. The van der Waals surface area contributed by atoms with E-state index in [1.165, 1.54) is 0 Å². The van der Waals surface area contributed by atoms with Crippen molar-refractivity contribution in [2.45, 2.75) is 39.7 Å². The van der Waals surface area contributed by atoms with Gasteiger partial charge in [0.1, 0.15) is 0 Å². The molecule has 6 nitrogen and oxygen atoms in total. The Bertz CT molecular complexity index is 662. The van der Waals surface area contributed by atoms with Crippen LogP contribution in [0.25, 0.3) is 0 Å². The van der Waals surface area contributed by atoms with E-state index in [0.717, 1.165) is 55.8 Å². The van der Waals surface area contributed by atoms with Crippen LogP contribution in [0.5, 0.6) is 0 Å². The van der Waals surface area contributed by atoms with Gasteiger partial charge in [-0.1, -0.05) is 12.1 Å². The smallest absolute Gasteiger partial charge is 0.320 e. The maximum absolute atomic E-state index is 12.7. The maximum atomic E-state index is 12.7. The Balaban J connectivity index is 1.52. The van der Waals surface area contributed by atoms with E-state index >= 15 is 0 Å². The van der Waals surface area contributed by atoms with Gasteiger partial charge in [-0.2, -0.15) is 0 Å². The summed E-state index contributed by atoms with van der Waals surface area (Å²) >= 11 is 0. The first-order chi connectivity index (χ1) is 12.5. The van der Waals surface area contributed by atoms with Crippen molar-refractivity contribution in [3.8, 4) is 0 Å². The van der Waals surface area contributed by atoms with Crippen LogP contribution < -0.4 is 5.32 Å². The number of piperazine rings is 1. The first-order valence-electron chi connectivity index (χ1n) is 9.62. The van der Waals surface area contributed by atoms with Gasteiger partial charge in [0.2, 0.25) is 5.91 Å². The Morgan fingerprint density at radius 3 is 2.23 bits per heavy atom. The van der Waals surface area contributed by atoms with E-state index in [9.17, 15) is 9.59 Å². The molecule has 2 aliphatic heterocycles. The normalized spacial score (nSPS) is 19.5. The predicted octanol–water partition coefficient (Wildman–Crippen LogP) is 2.46. The summed E-state index contributed by atoms with van der Waals surface area (Å²) in [5, 5.41) is 3.06. The Hall–Kier alpha value is -2.08. The topological polar surface area (TPSA) is 55.9 Å². The highest BCUT2D eigenvalue weighted by molar-refractivity contribution is 5.95. The fraction of sp³-hybridized carbons (Fsp3) is 0.600. The second-order valence-corrected chi connectivity index (χ2v) is 7.48. The van der Waals surface area contributed by atoms with Crippen LogP contribution in [-0.4, -0.2) is 71.9 Å². The van der Waals surface area contributed by atoms with Gasteiger partial charge in [0, 0.05) is 45.0 Å². The maximum Gasteiger partial charge on any atom is 0.320 e. The van der Waals surface area contributed by atoms with Crippen molar-refractivity contribution in [2.24, 2.45) is 0 Å². The molecule has 26 heavy (non-hydrogen) atoms. The summed E-state index contributed by atoms with van der Waals surface area (Å²) in [5.41, 5.74) is 3.08. The number of nitrogens with one attached hydrogen (secondary N) is 1. The molecule has 142 valence electrons. The number of amides is 3. The van der Waals surface area contributed by atoms with Crippen LogP contribution in [-0.2, 0) is 4.79 Å². The van der Waals surface area contributed by atoms with Crippen molar-refractivity contribution in [1.29, 1.82) is 0 Å². The summed E-state index contributed by atoms with van der Waals surface area (Å²) in [6.45, 7) is 10.6. The van der Waals surface area contributed by atoms with Gasteiger partial charge >= 0.3 is 6.03 Å². The SMILES string of the molecule is Cc1ccc(C)c(NC(=O)C(C)N2CCN(C(=O)N3CCCC3)CC2)c1. The van der Waals surface area contributed by atoms with Gasteiger partial charge in [0.25, 0.3) is 0 Å². The lowest BCUT2D eigenvalue weighted by Gasteiger charge is -2.38. The zero-order chi connectivity index (χ0) is 18.7. The third-order valence-corrected chi connectivity index (χ3v) is 5.54. The fourth-order valence-electron chi connectivity index (χ4n) is 3.68. The third kappa shape index (κ3) is 4.18. The number of hydrogen-bond donors (Lipinski definition) is 1. The van der Waals surface area contributed by atoms with E-state index in [-0.39, 0.29) is 18.0 Å². The first-order valence-corrected chi connectivity index (χ1v) is 9.62. The molecule has 0 aliphatic carbocycles. The Morgan fingerprint density at radius 2 is 1.58 bits per heavy atom. The van der Waals surface area contributed by atoms with E-state index in [2.05, 4.69) is 10.2 Å². The van der Waals surface area contributed by atoms with Gasteiger partial charge in [-0.25, -0.2) is 4.79 Å². The molecule has 0 bridgehead atoms. The molecule has 2 fully saturated rings. The predicted molar refractivity (Wildman–Crippen MR) is 103 cm³/mol. The van der Waals surface area contributed by atoms with Crippen LogP contribution in [0.1, 0.15) is 30.9 Å². The number of anilines is 1. The number of carbonyl (C=O) groups is 2. The summed E-state index contributed by atoms with van der Waals surface area (Å²) in [5.74, 6) is 0.0121. The molecule has 2 heterocycles. The highest BCUT2D eigenvalue weighted by Crippen LogP contribution is 2.18. The van der Waals surface area contributed by atoms with Crippen molar-refractivity contribution in [1.82, 2.24) is 14.7 Å². The van der Waals surface area contributed by atoms with Gasteiger partial charge in [-0.15, -0.1) is 0 Å². The van der Waals surface area contributed by atoms with E-state index in [1.807, 2.05) is 48.8 Å². The molecule has 1 N–H and O–H groups in total. The molecule has 0 spiro atoms. The molecule has 3 amide bonds. The Labute approximate surface area is 156 Å². The lowest BCUT2D eigenvalue weighted by atomic mass is 10.1. The highest BCUT2D eigenvalue weighted by Gasteiger charge is 2.30. The third-order valence-electron chi connectivity index (χ3n) is 5.54. The summed E-state index contributed by atoms with van der Waals surface area (Å²) < 4.78 is 0. The van der Waals surface area contributed by atoms with Gasteiger partial charge in [-0.3, -0.25) is 9.69 Å². The largest absolute Gasteiger partial charge is 0.325 e. The summed E-state index contributed by atoms with van der Waals surface area (Å²) in [6, 6.07) is 6.03. The molecule has 0 radical (unpaired) electrons. The number of likely N-dealkylation sites (tertiary alicyclic amines) is 1. The molecule has 1 unspecified atom stereocenters. The van der Waals surface area contributed by atoms with Gasteiger partial charge in [0.05, 0.1) is 6.04 Å². The minimum Gasteiger partial charge on any atom is -0.325 e. The average molecular weight is 358 g/mol. The van der Waals surface area contributed by atoms with Crippen molar-refractivity contribution in [3.05, 3.63) is 29.3 Å². The minimum absolute atomic E-state index is 0.0121. The number of rotatable bonds is 3. The number of carbonyl (C=O) groups excluding carboxylic acids is 2. The summed E-state index contributed by atoms with van der Waals surface area (Å²) in [7, 11) is 0. The van der Waals surface area contributed by atoms with Crippen LogP contribution in [0, 0.1) is 13.8 Å². The number of nitrogens with zero attached hydrogens (tertiary/aromatic N) is 3. The van der Waals surface area contributed by atoms with Crippen molar-refractivity contribution in [2.75, 3.05) is 44.6 Å². The van der Waals surface area contributed by atoms with Gasteiger partial charge < -0.3 is 15.1 Å². The molecule has 3 rings (SSSR count). The number of urea groups is 1. The van der Waals surface area contributed by atoms with E-state index in [4.69, 9.17) is 0 Å². The highest BCUT2D eigenvalue weighted by atomic mass is 16.2. The van der Waals surface area contributed by atoms with E-state index in [0.29, 0.717) is 13.1 Å². The van der Waals surface area contributed by atoms with Crippen LogP contribution in [0.3, 0.4) is 0 Å². The summed E-state index contributed by atoms with van der Waals surface area (Å²) in [6.07, 6.45) is 2.22. The number of hydrogen-bond acceptors (Lipinski definition) is 3. The Kier molecular flexibility index (Phi) is 5.81. The summed E-state index contributed by atoms with van der Waals surface area (Å²) in [4.78, 5) is 31.2. The molecule has 2 aliphatic rings. The fourth-order valence-corrected chi connectivity index (χ4v) is 3.68. The van der Waals surface area contributed by atoms with Crippen LogP contribution in [0.15, 0.2) is 18.2 Å². The molecular formula is C20H30N4O2. The minimum atomic E-state index is -0.209. The van der Waals surface area contributed by atoms with Crippen molar-refractivity contribution >= 4 is 17.6 Å². The number of benzene rings is 1. The molecule has 2 saturated heterocycles. The van der Waals surface area contributed by atoms with Gasteiger partial charge in [-0.05, 0) is 50.8 Å². The second kappa shape index (κ2) is 8.08. The molecule has 1 aromatic carbocycles. The quantitative estimate of drug-likeness (QED) is 0.903. The van der Waals surface area contributed by atoms with Gasteiger partial charge in [0.15, 0.2) is 0 Å². The average Bonchev–Trinajstić information content (AvgIpc) is 3.18. The van der Waals surface area contributed by atoms with E-state index < -0.39 is 0 Å². The zero-order valence-corrected chi connectivity index (χ0v) is 16.1. The van der Waals surface area contributed by atoms with Crippen LogP contribution in [0.4, 0.5) is 10.5 Å². The Morgan fingerprint density at radius 1 is 0.962 bits per heavy atom. The second-order valence-electron chi connectivity index (χ2n) is 7.48. The monoisotopic (exact) mass is 358 g/mol. The molecule has 0 saturated carbocycles. The standard InChI is InChI=1S/C20H30N4O2/c1-15-6-7-16(2)18(14-15)21-19(25)17(3)22-10-12-24(13-11-22)20(26)23-8-4-5-9-23/h6-7,14,17H,4-5,8-13H2,1-3H3,(H,21,25). The lowest BCUT2D eigenvalue weighted by molar-refractivity contribution is -0.121. The van der Waals surface area contributed by atoms with Crippen LogP contribution in [0.2, 0.25) is 0 Å². The molecule has 0 aromatic heterocycles. The number of aryl methyl sites for hydroxylation is 2. The first kappa shape index (κ1) is 18.7.